The molecule has 0 radical (unpaired) electrons. The number of hydrogen-bond acceptors (Lipinski definition) is 2. The van der Waals surface area contributed by atoms with Crippen molar-refractivity contribution in [2.45, 2.75) is 6.54 Å². The van der Waals surface area contributed by atoms with Gasteiger partial charge in [-0.3, -0.25) is 0 Å². The molecule has 0 unspecified atom stereocenters. The van der Waals surface area contributed by atoms with Crippen molar-refractivity contribution in [2.24, 2.45) is 5.18 Å². The predicted octanol–water partition coefficient (Wildman–Crippen LogP) is 3.26. The van der Waals surface area contributed by atoms with Crippen molar-refractivity contribution in [3.63, 3.8) is 0 Å². The largest absolute Gasteiger partial charge is 0.150 e. The molecule has 0 aliphatic rings. The van der Waals surface area contributed by atoms with Gasteiger partial charge in [0.15, 0.2) is 0 Å². The lowest BCUT2D eigenvalue weighted by Crippen LogP contribution is -1.82. The van der Waals surface area contributed by atoms with Crippen molar-refractivity contribution in [1.82, 2.24) is 0 Å². The van der Waals surface area contributed by atoms with E-state index in [0.29, 0.717) is 15.6 Å². The summed E-state index contributed by atoms with van der Waals surface area (Å²) >= 11 is 11.4. The summed E-state index contributed by atoms with van der Waals surface area (Å²) in [6.07, 6.45) is 0. The summed E-state index contributed by atoms with van der Waals surface area (Å²) in [5.41, 5.74) is 0.661. The average Bonchev–Trinajstić information content (AvgIpc) is 1.99. The van der Waals surface area contributed by atoms with Crippen molar-refractivity contribution < 1.29 is 0 Å². The lowest BCUT2D eigenvalue weighted by Gasteiger charge is -1.99. The highest BCUT2D eigenvalue weighted by Crippen LogP contribution is 2.25. The molecule has 0 amide bonds. The van der Waals surface area contributed by atoms with Crippen molar-refractivity contribution in [2.75, 3.05) is 0 Å². The monoisotopic (exact) mass is 189 g/mol. The minimum absolute atomic E-state index is 0.0688. The van der Waals surface area contributed by atoms with Gasteiger partial charge in [-0.25, -0.2) is 0 Å². The molecule has 0 saturated heterocycles. The molecule has 0 fully saturated rings. The van der Waals surface area contributed by atoms with Gasteiger partial charge in [0.2, 0.25) is 0 Å². The van der Waals surface area contributed by atoms with E-state index in [4.69, 9.17) is 23.2 Å². The molecule has 0 atom stereocenters. The predicted molar refractivity (Wildman–Crippen MR) is 46.0 cm³/mol. The summed E-state index contributed by atoms with van der Waals surface area (Å²) in [6, 6.07) is 5.11. The minimum atomic E-state index is 0.0688. The van der Waals surface area contributed by atoms with Gasteiger partial charge in [0, 0.05) is 0 Å². The number of nitrogens with zero attached hydrogens (tertiary/aromatic N) is 1. The van der Waals surface area contributed by atoms with Gasteiger partial charge >= 0.3 is 0 Å². The first kappa shape index (κ1) is 8.50. The van der Waals surface area contributed by atoms with Crippen LogP contribution in [0.1, 0.15) is 5.56 Å². The molecule has 0 heterocycles. The Morgan fingerprint density at radius 1 is 1.36 bits per heavy atom. The van der Waals surface area contributed by atoms with E-state index >= 15 is 0 Å². The Morgan fingerprint density at radius 3 is 2.73 bits per heavy atom. The zero-order valence-electron chi connectivity index (χ0n) is 5.55. The molecular weight excluding hydrogens is 185 g/mol. The van der Waals surface area contributed by atoms with E-state index in [1.54, 1.807) is 18.2 Å². The summed E-state index contributed by atoms with van der Waals surface area (Å²) in [5.74, 6) is 0. The quantitative estimate of drug-likeness (QED) is 0.658. The normalized spacial score (nSPS) is 9.64. The molecule has 1 rings (SSSR count). The summed E-state index contributed by atoms with van der Waals surface area (Å²) in [4.78, 5) is 9.89. The van der Waals surface area contributed by atoms with Gasteiger partial charge in [-0.2, -0.15) is 4.91 Å². The fourth-order valence-electron chi connectivity index (χ4n) is 0.740. The molecule has 0 saturated carbocycles. The molecule has 2 nitrogen and oxygen atoms in total. The van der Waals surface area contributed by atoms with Gasteiger partial charge in [0.1, 0.15) is 6.54 Å². The zero-order chi connectivity index (χ0) is 8.27. The smallest absolute Gasteiger partial charge is 0.108 e. The van der Waals surface area contributed by atoms with Crippen LogP contribution in [0.2, 0.25) is 10.0 Å². The first-order valence-electron chi connectivity index (χ1n) is 2.97. The molecule has 1 aromatic rings. The Kier molecular flexibility index (Phi) is 2.85. The molecule has 0 aromatic heterocycles. The van der Waals surface area contributed by atoms with E-state index in [-0.39, 0.29) is 6.54 Å². The zero-order valence-corrected chi connectivity index (χ0v) is 7.06. The summed E-state index contributed by atoms with van der Waals surface area (Å²) in [5, 5.41) is 3.58. The summed E-state index contributed by atoms with van der Waals surface area (Å²) < 4.78 is 0. The van der Waals surface area contributed by atoms with Gasteiger partial charge in [-0.15, -0.1) is 0 Å². The van der Waals surface area contributed by atoms with Crippen molar-refractivity contribution >= 4 is 23.2 Å². The van der Waals surface area contributed by atoms with Crippen LogP contribution in [0.5, 0.6) is 0 Å². The van der Waals surface area contributed by atoms with Crippen LogP contribution in [0.4, 0.5) is 0 Å². The maximum Gasteiger partial charge on any atom is 0.108 e. The van der Waals surface area contributed by atoms with Crippen LogP contribution in [0.15, 0.2) is 23.4 Å². The molecule has 0 spiro atoms. The Labute approximate surface area is 74.1 Å². The summed E-state index contributed by atoms with van der Waals surface area (Å²) in [7, 11) is 0. The second-order valence-corrected chi connectivity index (χ2v) is 2.79. The van der Waals surface area contributed by atoms with Crippen LogP contribution in [-0.4, -0.2) is 0 Å². The molecule has 0 bridgehead atoms. The van der Waals surface area contributed by atoms with Gasteiger partial charge in [0.25, 0.3) is 0 Å². The second-order valence-electron chi connectivity index (χ2n) is 2.00. The Morgan fingerprint density at radius 2 is 2.09 bits per heavy atom. The van der Waals surface area contributed by atoms with Crippen LogP contribution in [0.3, 0.4) is 0 Å². The topological polar surface area (TPSA) is 29.4 Å². The van der Waals surface area contributed by atoms with E-state index in [2.05, 4.69) is 5.18 Å². The van der Waals surface area contributed by atoms with E-state index in [9.17, 15) is 4.91 Å². The Bertz CT molecular complexity index is 275. The lowest BCUT2D eigenvalue weighted by atomic mass is 10.2. The highest BCUT2D eigenvalue weighted by atomic mass is 35.5. The molecule has 0 N–H and O–H groups in total. The van der Waals surface area contributed by atoms with Gasteiger partial charge in [0.05, 0.1) is 10.0 Å². The van der Waals surface area contributed by atoms with Crippen molar-refractivity contribution in [3.8, 4) is 0 Å². The lowest BCUT2D eigenvalue weighted by molar-refractivity contribution is 1.06. The van der Waals surface area contributed by atoms with Crippen LogP contribution in [0, 0.1) is 4.91 Å². The van der Waals surface area contributed by atoms with Gasteiger partial charge < -0.3 is 0 Å². The van der Waals surface area contributed by atoms with E-state index in [1.165, 1.54) is 0 Å². The number of halogens is 2. The SMILES string of the molecule is O=NCc1cccc(Cl)c1Cl. The molecule has 0 aliphatic heterocycles. The van der Waals surface area contributed by atoms with Crippen LogP contribution >= 0.6 is 23.2 Å². The maximum atomic E-state index is 9.89. The molecule has 11 heavy (non-hydrogen) atoms. The molecule has 1 aromatic carbocycles. The Balaban J connectivity index is 3.05. The van der Waals surface area contributed by atoms with Crippen LogP contribution in [-0.2, 0) is 6.54 Å². The molecule has 58 valence electrons. The molecular formula is C7H5Cl2NO. The van der Waals surface area contributed by atoms with Crippen LogP contribution < -0.4 is 0 Å². The standard InChI is InChI=1S/C7H5Cl2NO/c8-6-3-1-2-5(4-10-11)7(6)9/h1-3H,4H2. The highest BCUT2D eigenvalue weighted by molar-refractivity contribution is 6.42. The Hall–Kier alpha value is -0.600. The van der Waals surface area contributed by atoms with Crippen molar-refractivity contribution in [3.05, 3.63) is 38.7 Å². The average molecular weight is 190 g/mol. The molecule has 0 aliphatic carbocycles. The van der Waals surface area contributed by atoms with Gasteiger partial charge in [-0.1, -0.05) is 40.5 Å². The first-order valence-corrected chi connectivity index (χ1v) is 3.73. The first-order chi connectivity index (χ1) is 5.25. The van der Waals surface area contributed by atoms with E-state index in [1.807, 2.05) is 0 Å². The second kappa shape index (κ2) is 3.69. The van der Waals surface area contributed by atoms with E-state index in [0.717, 1.165) is 0 Å². The fraction of sp³-hybridized carbons (Fsp3) is 0.143. The van der Waals surface area contributed by atoms with Gasteiger partial charge in [-0.05, 0) is 11.6 Å². The number of nitroso groups, excluding NO2 is 1. The number of benzene rings is 1. The minimum Gasteiger partial charge on any atom is -0.150 e. The third-order valence-corrected chi connectivity index (χ3v) is 2.12. The van der Waals surface area contributed by atoms with Crippen molar-refractivity contribution in [1.29, 1.82) is 0 Å². The third kappa shape index (κ3) is 1.91. The van der Waals surface area contributed by atoms with E-state index < -0.39 is 0 Å². The highest BCUT2D eigenvalue weighted by Gasteiger charge is 2.02. The summed E-state index contributed by atoms with van der Waals surface area (Å²) in [6.45, 7) is 0.0688. The number of rotatable bonds is 2. The maximum absolute atomic E-state index is 9.89. The van der Waals surface area contributed by atoms with Crippen LogP contribution in [0.25, 0.3) is 0 Å². The number of hydrogen-bond donors (Lipinski definition) is 0. The third-order valence-electron chi connectivity index (χ3n) is 1.27. The fourth-order valence-corrected chi connectivity index (χ4v) is 1.12. The molecule has 4 heteroatoms.